The van der Waals surface area contributed by atoms with E-state index in [9.17, 15) is 5.11 Å². The predicted octanol–water partition coefficient (Wildman–Crippen LogP) is 6.55. The molecule has 0 heterocycles. The van der Waals surface area contributed by atoms with Crippen LogP contribution in [-0.4, -0.2) is 33.2 Å². The van der Waals surface area contributed by atoms with Crippen molar-refractivity contribution in [1.29, 1.82) is 0 Å². The van der Waals surface area contributed by atoms with E-state index in [1.54, 1.807) is 20.3 Å². The van der Waals surface area contributed by atoms with Gasteiger partial charge in [-0.1, -0.05) is 52.0 Å². The number of phenolic OH excluding ortho intramolecular Hbond substituents is 1. The molecule has 0 spiro atoms. The molecule has 0 aliphatic heterocycles. The Hall–Kier alpha value is -2.66. The van der Waals surface area contributed by atoms with Crippen molar-refractivity contribution in [3.8, 4) is 23.0 Å². The lowest BCUT2D eigenvalue weighted by Crippen LogP contribution is -2.02. The SMILES string of the molecule is C=C.CC.CC.COCOc1c(C)cccc1OC.COc1cccc(C)c1O. The number of aryl methyl sites for hydroxylation is 2. The molecule has 29 heavy (non-hydrogen) atoms. The van der Waals surface area contributed by atoms with Crippen LogP contribution in [0.4, 0.5) is 0 Å². The molecule has 1 N–H and O–H groups in total. The Bertz CT molecular complexity index is 627. The van der Waals surface area contributed by atoms with Gasteiger partial charge in [-0.05, 0) is 37.1 Å². The first kappa shape index (κ1) is 31.0. The van der Waals surface area contributed by atoms with Gasteiger partial charge in [0.1, 0.15) is 0 Å². The van der Waals surface area contributed by atoms with E-state index in [-0.39, 0.29) is 12.5 Å². The molecule has 2 aromatic carbocycles. The van der Waals surface area contributed by atoms with Gasteiger partial charge in [-0.25, -0.2) is 0 Å². The quantitative estimate of drug-likeness (QED) is 0.449. The van der Waals surface area contributed by atoms with Crippen LogP contribution in [0.1, 0.15) is 38.8 Å². The second-order valence-corrected chi connectivity index (χ2v) is 4.78. The molecule has 0 saturated heterocycles. The van der Waals surface area contributed by atoms with Crippen molar-refractivity contribution < 1.29 is 24.1 Å². The number of methoxy groups -OCH3 is 3. The molecule has 0 fully saturated rings. The maximum absolute atomic E-state index is 9.27. The Morgan fingerprint density at radius 2 is 1.21 bits per heavy atom. The van der Waals surface area contributed by atoms with Gasteiger partial charge in [0.15, 0.2) is 29.8 Å². The molecular weight excluding hydrogens is 368 g/mol. The maximum atomic E-state index is 9.27. The van der Waals surface area contributed by atoms with Gasteiger partial charge < -0.3 is 24.1 Å². The number of benzene rings is 2. The Kier molecular flexibility index (Phi) is 23.2. The van der Waals surface area contributed by atoms with Crippen molar-refractivity contribution >= 4 is 0 Å². The van der Waals surface area contributed by atoms with Crippen LogP contribution in [0.3, 0.4) is 0 Å². The fourth-order valence-corrected chi connectivity index (χ4v) is 1.89. The zero-order valence-corrected chi connectivity index (χ0v) is 19.7. The molecule has 0 saturated carbocycles. The number of hydrogen-bond donors (Lipinski definition) is 1. The summed E-state index contributed by atoms with van der Waals surface area (Å²) in [7, 11) is 4.74. The molecule has 0 aliphatic carbocycles. The summed E-state index contributed by atoms with van der Waals surface area (Å²) in [4.78, 5) is 0. The minimum absolute atomic E-state index is 0.227. The predicted molar refractivity (Wildman–Crippen MR) is 124 cm³/mol. The molecule has 0 bridgehead atoms. The van der Waals surface area contributed by atoms with Crippen molar-refractivity contribution in [3.63, 3.8) is 0 Å². The number of para-hydroxylation sites is 2. The standard InChI is InChI=1S/C10H14O3.C8H10O2.2C2H6.C2H4/c1-8-5-4-6-9(12-3)10(8)13-7-11-2;1-6-4-3-5-7(10-2)8(6)9;3*1-2/h4-6H,7H2,1-3H3;3-5,9H,1-2H3;2*1-2H3;1-2H2. The Labute approximate surface area is 177 Å². The van der Waals surface area contributed by atoms with Gasteiger partial charge >= 0.3 is 0 Å². The fourth-order valence-electron chi connectivity index (χ4n) is 1.89. The van der Waals surface area contributed by atoms with Gasteiger partial charge in [0, 0.05) is 7.11 Å². The first-order chi connectivity index (χ1) is 14.0. The van der Waals surface area contributed by atoms with E-state index < -0.39 is 0 Å². The molecule has 0 aliphatic rings. The lowest BCUT2D eigenvalue weighted by atomic mass is 10.2. The van der Waals surface area contributed by atoms with Gasteiger partial charge in [0.2, 0.25) is 0 Å². The largest absolute Gasteiger partial charge is 0.504 e. The third-order valence-electron chi connectivity index (χ3n) is 3.14. The molecular formula is C24H40O5. The fraction of sp³-hybridized carbons (Fsp3) is 0.417. The van der Waals surface area contributed by atoms with Crippen molar-refractivity contribution in [2.75, 3.05) is 28.1 Å². The van der Waals surface area contributed by atoms with Crippen LogP contribution in [0.25, 0.3) is 0 Å². The van der Waals surface area contributed by atoms with E-state index in [1.807, 2.05) is 71.9 Å². The molecule has 0 unspecified atom stereocenters. The molecule has 0 atom stereocenters. The normalized spacial score (nSPS) is 8.17. The molecule has 2 rings (SSSR count). The lowest BCUT2D eigenvalue weighted by Gasteiger charge is -2.11. The Morgan fingerprint density at radius 3 is 1.62 bits per heavy atom. The molecule has 166 valence electrons. The van der Waals surface area contributed by atoms with E-state index >= 15 is 0 Å². The van der Waals surface area contributed by atoms with Crippen LogP contribution in [0, 0.1) is 13.8 Å². The van der Waals surface area contributed by atoms with Gasteiger partial charge in [-0.3, -0.25) is 0 Å². The van der Waals surface area contributed by atoms with Crippen molar-refractivity contribution in [3.05, 3.63) is 60.7 Å². The number of ether oxygens (including phenoxy) is 4. The van der Waals surface area contributed by atoms with E-state index in [0.29, 0.717) is 5.75 Å². The minimum atomic E-state index is 0.227. The van der Waals surface area contributed by atoms with Crippen LogP contribution >= 0.6 is 0 Å². The highest BCUT2D eigenvalue weighted by Crippen LogP contribution is 2.30. The average Bonchev–Trinajstić information content (AvgIpc) is 2.79. The van der Waals surface area contributed by atoms with E-state index in [0.717, 1.165) is 22.6 Å². The van der Waals surface area contributed by atoms with Gasteiger partial charge in [0.25, 0.3) is 0 Å². The zero-order valence-electron chi connectivity index (χ0n) is 19.7. The van der Waals surface area contributed by atoms with Gasteiger partial charge in [-0.2, -0.15) is 0 Å². The Morgan fingerprint density at radius 1 is 0.759 bits per heavy atom. The lowest BCUT2D eigenvalue weighted by molar-refractivity contribution is 0.0486. The summed E-state index contributed by atoms with van der Waals surface area (Å²) in [6.45, 7) is 18.0. The summed E-state index contributed by atoms with van der Waals surface area (Å²) < 4.78 is 20.2. The number of hydrogen-bond acceptors (Lipinski definition) is 5. The summed E-state index contributed by atoms with van der Waals surface area (Å²) in [6, 6.07) is 11.1. The van der Waals surface area contributed by atoms with Crippen molar-refractivity contribution in [2.24, 2.45) is 0 Å². The molecule has 0 radical (unpaired) electrons. The number of phenols is 1. The number of rotatable bonds is 5. The highest BCUT2D eigenvalue weighted by Gasteiger charge is 2.06. The molecule has 5 heteroatoms. The summed E-state index contributed by atoms with van der Waals surface area (Å²) in [5.74, 6) is 2.23. The van der Waals surface area contributed by atoms with Gasteiger partial charge in [0.05, 0.1) is 14.2 Å². The highest BCUT2D eigenvalue weighted by atomic mass is 16.7. The first-order valence-corrected chi connectivity index (χ1v) is 9.63. The van der Waals surface area contributed by atoms with Crippen LogP contribution in [0.15, 0.2) is 49.6 Å². The third kappa shape index (κ3) is 12.4. The Balaban J connectivity index is -0.000000377. The monoisotopic (exact) mass is 408 g/mol. The molecule has 2 aromatic rings. The summed E-state index contributed by atoms with van der Waals surface area (Å²) in [5.41, 5.74) is 1.87. The van der Waals surface area contributed by atoms with Gasteiger partial charge in [-0.15, -0.1) is 13.2 Å². The number of aromatic hydroxyl groups is 1. The second kappa shape index (κ2) is 21.6. The highest BCUT2D eigenvalue weighted by molar-refractivity contribution is 5.45. The van der Waals surface area contributed by atoms with Crippen LogP contribution in [0.5, 0.6) is 23.0 Å². The van der Waals surface area contributed by atoms with Crippen LogP contribution in [0.2, 0.25) is 0 Å². The van der Waals surface area contributed by atoms with Crippen LogP contribution < -0.4 is 14.2 Å². The van der Waals surface area contributed by atoms with Crippen molar-refractivity contribution in [2.45, 2.75) is 41.5 Å². The smallest absolute Gasteiger partial charge is 0.188 e. The molecule has 5 nitrogen and oxygen atoms in total. The van der Waals surface area contributed by atoms with Crippen molar-refractivity contribution in [1.82, 2.24) is 0 Å². The average molecular weight is 409 g/mol. The van der Waals surface area contributed by atoms with E-state index in [1.165, 1.54) is 7.11 Å². The summed E-state index contributed by atoms with van der Waals surface area (Å²) in [5, 5.41) is 9.27. The van der Waals surface area contributed by atoms with Crippen LogP contribution in [-0.2, 0) is 4.74 Å². The molecule has 0 aromatic heterocycles. The zero-order chi connectivity index (χ0) is 23.2. The third-order valence-corrected chi connectivity index (χ3v) is 3.14. The summed E-state index contributed by atoms with van der Waals surface area (Å²) >= 11 is 0. The molecule has 0 amide bonds. The maximum Gasteiger partial charge on any atom is 0.188 e. The topological polar surface area (TPSA) is 57.2 Å². The minimum Gasteiger partial charge on any atom is -0.504 e. The van der Waals surface area contributed by atoms with E-state index in [4.69, 9.17) is 18.9 Å². The first-order valence-electron chi connectivity index (χ1n) is 9.63. The second-order valence-electron chi connectivity index (χ2n) is 4.78. The summed E-state index contributed by atoms with van der Waals surface area (Å²) in [6.07, 6.45) is 0. The van der Waals surface area contributed by atoms with E-state index in [2.05, 4.69) is 13.2 Å².